The van der Waals surface area contributed by atoms with Gasteiger partial charge in [0.05, 0.1) is 29.5 Å². The van der Waals surface area contributed by atoms with E-state index in [9.17, 15) is 27.5 Å². The molecule has 1 spiro atoms. The molecular weight excluding hydrogens is 492 g/mol. The number of rotatable bonds is 5. The summed E-state index contributed by atoms with van der Waals surface area (Å²) >= 11 is 0. The molecular formula is C27H34F4N2O4. The highest BCUT2D eigenvalue weighted by molar-refractivity contribution is 5.94. The summed E-state index contributed by atoms with van der Waals surface area (Å²) < 4.78 is 66.2. The fourth-order valence-electron chi connectivity index (χ4n) is 5.15. The number of morpholine rings is 1. The molecule has 1 amide bonds. The second-order valence-electron chi connectivity index (χ2n) is 10.4. The van der Waals surface area contributed by atoms with Gasteiger partial charge in [0.25, 0.3) is 5.91 Å². The Bertz CT molecular complexity index is 1130. The van der Waals surface area contributed by atoms with Crippen molar-refractivity contribution in [2.24, 2.45) is 0 Å². The first kappa shape index (κ1) is 27.3. The Morgan fingerprint density at radius 3 is 2.49 bits per heavy atom. The first-order chi connectivity index (χ1) is 17.3. The largest absolute Gasteiger partial charge is 0.416 e. The summed E-state index contributed by atoms with van der Waals surface area (Å²) in [6, 6.07) is 9.31. The van der Waals surface area contributed by atoms with Gasteiger partial charge in [-0.25, -0.2) is 4.39 Å². The Morgan fingerprint density at radius 1 is 1.19 bits per heavy atom. The van der Waals surface area contributed by atoms with Gasteiger partial charge in [-0.05, 0) is 57.0 Å². The summed E-state index contributed by atoms with van der Waals surface area (Å²) in [5.41, 5.74) is -1.99. The number of ether oxygens (including phenoxy) is 2. The summed E-state index contributed by atoms with van der Waals surface area (Å²) in [5, 5.41) is 10.1. The molecule has 4 rings (SSSR count). The van der Waals surface area contributed by atoms with Gasteiger partial charge in [-0.2, -0.15) is 13.2 Å². The van der Waals surface area contributed by atoms with Crippen LogP contribution in [0.2, 0.25) is 0 Å². The van der Waals surface area contributed by atoms with E-state index in [-0.39, 0.29) is 31.2 Å². The van der Waals surface area contributed by atoms with Crippen LogP contribution < -0.4 is 4.90 Å². The lowest BCUT2D eigenvalue weighted by Gasteiger charge is -2.50. The SMILES string of the molecule is COCC1CN(c2cccc(C(F)(F)F)c2)CC2(CCN(C(=O)c3ccc(C(C)(C)O)c(F)c3)CC2)O1.[HH]. The molecule has 2 heterocycles. The van der Waals surface area contributed by atoms with E-state index in [1.807, 2.05) is 4.90 Å². The molecule has 0 aromatic heterocycles. The van der Waals surface area contributed by atoms with Gasteiger partial charge in [-0.15, -0.1) is 0 Å². The molecule has 204 valence electrons. The van der Waals surface area contributed by atoms with E-state index in [1.165, 1.54) is 32.0 Å². The molecule has 2 aromatic rings. The number of carbonyl (C=O) groups is 1. The van der Waals surface area contributed by atoms with Crippen LogP contribution in [0.1, 0.15) is 49.6 Å². The van der Waals surface area contributed by atoms with Crippen LogP contribution in [-0.2, 0) is 21.3 Å². The molecule has 0 bridgehead atoms. The number of likely N-dealkylation sites (tertiary alicyclic amines) is 1. The van der Waals surface area contributed by atoms with Gasteiger partial charge >= 0.3 is 6.18 Å². The second-order valence-corrected chi connectivity index (χ2v) is 10.4. The van der Waals surface area contributed by atoms with Crippen LogP contribution >= 0.6 is 0 Å². The van der Waals surface area contributed by atoms with E-state index in [0.717, 1.165) is 18.2 Å². The van der Waals surface area contributed by atoms with Crippen LogP contribution in [0.15, 0.2) is 42.5 Å². The number of hydrogen-bond acceptors (Lipinski definition) is 5. The van der Waals surface area contributed by atoms with E-state index in [0.29, 0.717) is 44.7 Å². The monoisotopic (exact) mass is 526 g/mol. The molecule has 1 N–H and O–H groups in total. The number of anilines is 1. The quantitative estimate of drug-likeness (QED) is 0.565. The van der Waals surface area contributed by atoms with Crippen molar-refractivity contribution in [2.75, 3.05) is 44.8 Å². The average molecular weight is 527 g/mol. The number of aliphatic hydroxyl groups is 1. The van der Waals surface area contributed by atoms with Crippen molar-refractivity contribution in [2.45, 2.75) is 50.2 Å². The van der Waals surface area contributed by atoms with Crippen molar-refractivity contribution >= 4 is 11.6 Å². The number of carbonyl (C=O) groups excluding carboxylic acids is 1. The maximum Gasteiger partial charge on any atom is 0.416 e. The smallest absolute Gasteiger partial charge is 0.386 e. The minimum atomic E-state index is -4.44. The van der Waals surface area contributed by atoms with Crippen molar-refractivity contribution in [3.8, 4) is 0 Å². The standard InChI is InChI=1S/C27H32F4N2O4.H2/c1-25(2,35)22-8-7-18(13-23(22)28)24(34)32-11-9-26(10-12-32)17-33(15-21(37-26)16-36-3)20-6-4-5-19(14-20)27(29,30)31;/h4-8,13-14,21,35H,9-12,15-17H2,1-3H3;1H. The van der Waals surface area contributed by atoms with Gasteiger partial charge in [-0.1, -0.05) is 12.1 Å². The lowest BCUT2D eigenvalue weighted by atomic mass is 9.87. The number of amides is 1. The number of hydrogen-bond donors (Lipinski definition) is 1. The van der Waals surface area contributed by atoms with Gasteiger partial charge in [0.1, 0.15) is 5.82 Å². The summed E-state index contributed by atoms with van der Waals surface area (Å²) in [5.74, 6) is -0.975. The molecule has 10 heteroatoms. The number of alkyl halides is 3. The van der Waals surface area contributed by atoms with E-state index in [2.05, 4.69) is 0 Å². The van der Waals surface area contributed by atoms with Crippen LogP contribution in [0.5, 0.6) is 0 Å². The molecule has 0 aliphatic carbocycles. The second kappa shape index (κ2) is 10.2. The first-order valence-corrected chi connectivity index (χ1v) is 12.2. The fourth-order valence-corrected chi connectivity index (χ4v) is 5.15. The van der Waals surface area contributed by atoms with Crippen molar-refractivity contribution in [3.05, 3.63) is 65.0 Å². The van der Waals surface area contributed by atoms with E-state index >= 15 is 0 Å². The zero-order valence-corrected chi connectivity index (χ0v) is 21.1. The molecule has 2 aliphatic heterocycles. The molecule has 2 aromatic carbocycles. The van der Waals surface area contributed by atoms with Gasteiger partial charge in [0, 0.05) is 51.5 Å². The highest BCUT2D eigenvalue weighted by Crippen LogP contribution is 2.37. The van der Waals surface area contributed by atoms with Gasteiger partial charge in [0.15, 0.2) is 0 Å². The minimum Gasteiger partial charge on any atom is -0.386 e. The predicted octanol–water partition coefficient (Wildman–Crippen LogP) is 4.84. The molecule has 2 fully saturated rings. The number of piperidine rings is 1. The molecule has 2 saturated heterocycles. The zero-order valence-electron chi connectivity index (χ0n) is 21.1. The molecule has 1 unspecified atom stereocenters. The average Bonchev–Trinajstić information content (AvgIpc) is 2.83. The Labute approximate surface area is 215 Å². The number of halogens is 4. The normalized spacial score (nSPS) is 20.4. The van der Waals surface area contributed by atoms with Crippen LogP contribution in [0.25, 0.3) is 0 Å². The maximum atomic E-state index is 14.5. The summed E-state index contributed by atoms with van der Waals surface area (Å²) in [7, 11) is 1.54. The third-order valence-electron chi connectivity index (χ3n) is 7.05. The number of benzene rings is 2. The Balaban J connectivity index is 0.00000400. The summed E-state index contributed by atoms with van der Waals surface area (Å²) in [6.45, 7) is 4.69. The Hall–Kier alpha value is -2.69. The molecule has 37 heavy (non-hydrogen) atoms. The van der Waals surface area contributed by atoms with Gasteiger partial charge < -0.3 is 24.4 Å². The van der Waals surface area contributed by atoms with Crippen LogP contribution in [0.4, 0.5) is 23.2 Å². The van der Waals surface area contributed by atoms with Crippen molar-refractivity contribution in [1.82, 2.24) is 4.90 Å². The van der Waals surface area contributed by atoms with Crippen LogP contribution in [0.3, 0.4) is 0 Å². The van der Waals surface area contributed by atoms with Gasteiger partial charge in [0.2, 0.25) is 0 Å². The van der Waals surface area contributed by atoms with Crippen LogP contribution in [-0.4, -0.2) is 67.5 Å². The Morgan fingerprint density at radius 2 is 1.89 bits per heavy atom. The number of methoxy groups -OCH3 is 1. The fraction of sp³-hybridized carbons (Fsp3) is 0.519. The predicted molar refractivity (Wildman–Crippen MR) is 132 cm³/mol. The summed E-state index contributed by atoms with van der Waals surface area (Å²) in [6.07, 6.45) is -3.85. The van der Waals surface area contributed by atoms with E-state index in [4.69, 9.17) is 9.47 Å². The van der Waals surface area contributed by atoms with Crippen LogP contribution in [0, 0.1) is 5.82 Å². The van der Waals surface area contributed by atoms with Crippen molar-refractivity contribution < 1.29 is 38.4 Å². The zero-order chi connectivity index (χ0) is 27.0. The third kappa shape index (κ3) is 6.08. The first-order valence-electron chi connectivity index (χ1n) is 12.2. The highest BCUT2D eigenvalue weighted by Gasteiger charge is 2.44. The summed E-state index contributed by atoms with van der Waals surface area (Å²) in [4.78, 5) is 16.6. The molecule has 0 saturated carbocycles. The van der Waals surface area contributed by atoms with E-state index in [1.54, 1.807) is 18.1 Å². The molecule has 1 atom stereocenters. The third-order valence-corrected chi connectivity index (χ3v) is 7.05. The van der Waals surface area contributed by atoms with Crippen molar-refractivity contribution in [3.63, 3.8) is 0 Å². The van der Waals surface area contributed by atoms with Crippen molar-refractivity contribution in [1.29, 1.82) is 0 Å². The lowest BCUT2D eigenvalue weighted by Crippen LogP contribution is -2.61. The Kier molecular flexibility index (Phi) is 7.56. The van der Waals surface area contributed by atoms with Gasteiger partial charge in [-0.3, -0.25) is 4.79 Å². The topological polar surface area (TPSA) is 62.2 Å². The molecule has 2 aliphatic rings. The molecule has 6 nitrogen and oxygen atoms in total. The highest BCUT2D eigenvalue weighted by atomic mass is 19.4. The maximum absolute atomic E-state index is 14.5. The molecule has 0 radical (unpaired) electrons. The van der Waals surface area contributed by atoms with E-state index < -0.39 is 28.8 Å². The minimum absolute atomic E-state index is 0. The number of nitrogens with zero attached hydrogens (tertiary/aromatic N) is 2. The lowest BCUT2D eigenvalue weighted by molar-refractivity contribution is -0.145.